The molecule has 0 saturated carbocycles. The van der Waals surface area contributed by atoms with E-state index in [1.807, 2.05) is 6.07 Å². The Morgan fingerprint density at radius 2 is 2.05 bits per heavy atom. The van der Waals surface area contributed by atoms with E-state index in [1.165, 1.54) is 10.7 Å². The van der Waals surface area contributed by atoms with Crippen LogP contribution in [0.2, 0.25) is 10.0 Å². The summed E-state index contributed by atoms with van der Waals surface area (Å²) in [5, 5.41) is 17.4. The van der Waals surface area contributed by atoms with Crippen molar-refractivity contribution in [1.82, 2.24) is 14.6 Å². The van der Waals surface area contributed by atoms with Crippen LogP contribution in [-0.2, 0) is 6.54 Å². The lowest BCUT2D eigenvalue weighted by Crippen LogP contribution is -2.08. The molecule has 0 fully saturated rings. The third-order valence-electron chi connectivity index (χ3n) is 3.04. The second-order valence-corrected chi connectivity index (χ2v) is 5.35. The molecular weight excluding hydrogens is 327 g/mol. The topological polar surface area (TPSA) is 79.5 Å². The first-order valence-corrected chi connectivity index (χ1v) is 7.06. The van der Waals surface area contributed by atoms with Crippen LogP contribution in [0.25, 0.3) is 5.65 Å². The second-order valence-electron chi connectivity index (χ2n) is 4.54. The number of hydrogen-bond acceptors (Lipinski definition) is 4. The van der Waals surface area contributed by atoms with Crippen molar-refractivity contribution >= 4 is 40.6 Å². The zero-order valence-corrected chi connectivity index (χ0v) is 12.6. The Morgan fingerprint density at radius 3 is 2.77 bits per heavy atom. The summed E-state index contributed by atoms with van der Waals surface area (Å²) in [5.41, 5.74) is 1.41. The number of carbonyl (C=O) groups is 1. The van der Waals surface area contributed by atoms with Crippen LogP contribution in [0.3, 0.4) is 0 Å². The number of halogens is 2. The number of benzene rings is 1. The maximum atomic E-state index is 11.1. The summed E-state index contributed by atoms with van der Waals surface area (Å²) in [6, 6.07) is 8.74. The molecule has 6 nitrogen and oxygen atoms in total. The largest absolute Gasteiger partial charge is 0.476 e. The van der Waals surface area contributed by atoms with E-state index in [0.717, 1.165) is 5.56 Å². The van der Waals surface area contributed by atoms with Gasteiger partial charge in [-0.15, -0.1) is 5.10 Å². The summed E-state index contributed by atoms with van der Waals surface area (Å²) in [5.74, 6) is -0.555. The highest BCUT2D eigenvalue weighted by atomic mass is 35.5. The Morgan fingerprint density at radius 1 is 1.23 bits per heavy atom. The monoisotopic (exact) mass is 336 g/mol. The van der Waals surface area contributed by atoms with Crippen molar-refractivity contribution in [1.29, 1.82) is 0 Å². The van der Waals surface area contributed by atoms with E-state index in [9.17, 15) is 4.79 Å². The molecule has 0 aliphatic heterocycles. The molecule has 0 amide bonds. The SMILES string of the molecule is O=C(O)c1cnc2ccc(NCc3ccc(Cl)c(Cl)c3)nn12. The Bertz CT molecular complexity index is 863. The van der Waals surface area contributed by atoms with Crippen molar-refractivity contribution in [2.45, 2.75) is 6.54 Å². The molecular formula is C14H10Cl2N4O2. The van der Waals surface area contributed by atoms with Gasteiger partial charge >= 0.3 is 5.97 Å². The van der Waals surface area contributed by atoms with Crippen molar-refractivity contribution in [3.8, 4) is 0 Å². The summed E-state index contributed by atoms with van der Waals surface area (Å²) < 4.78 is 1.28. The fourth-order valence-electron chi connectivity index (χ4n) is 1.96. The van der Waals surface area contributed by atoms with Crippen molar-refractivity contribution < 1.29 is 9.90 Å². The molecule has 0 saturated heterocycles. The van der Waals surface area contributed by atoms with Gasteiger partial charge in [0.25, 0.3) is 0 Å². The molecule has 2 aromatic heterocycles. The number of carboxylic acid groups (broad SMARTS) is 1. The predicted molar refractivity (Wildman–Crippen MR) is 83.7 cm³/mol. The van der Waals surface area contributed by atoms with Crippen LogP contribution in [-0.4, -0.2) is 25.7 Å². The number of fused-ring (bicyclic) bond motifs is 1. The third kappa shape index (κ3) is 2.84. The Balaban J connectivity index is 1.83. The molecule has 1 aromatic carbocycles. The van der Waals surface area contributed by atoms with Crippen molar-refractivity contribution in [3.63, 3.8) is 0 Å². The number of anilines is 1. The molecule has 0 spiro atoms. The number of aromatic carboxylic acids is 1. The highest BCUT2D eigenvalue weighted by Crippen LogP contribution is 2.23. The Labute approximate surface area is 135 Å². The fraction of sp³-hybridized carbons (Fsp3) is 0.0714. The van der Waals surface area contributed by atoms with E-state index in [4.69, 9.17) is 28.3 Å². The lowest BCUT2D eigenvalue weighted by atomic mass is 10.2. The second kappa shape index (κ2) is 5.82. The van der Waals surface area contributed by atoms with E-state index in [1.54, 1.807) is 24.3 Å². The molecule has 3 aromatic rings. The van der Waals surface area contributed by atoms with Crippen LogP contribution < -0.4 is 5.32 Å². The Hall–Kier alpha value is -2.31. The zero-order valence-electron chi connectivity index (χ0n) is 11.1. The average molecular weight is 337 g/mol. The number of imidazole rings is 1. The number of aromatic nitrogens is 3. The summed E-state index contributed by atoms with van der Waals surface area (Å²) in [4.78, 5) is 15.1. The molecule has 3 rings (SSSR count). The number of hydrogen-bond donors (Lipinski definition) is 2. The number of carboxylic acids is 1. The lowest BCUT2D eigenvalue weighted by Gasteiger charge is -2.07. The number of nitrogens with one attached hydrogen (secondary N) is 1. The maximum absolute atomic E-state index is 11.1. The normalized spacial score (nSPS) is 10.8. The minimum atomic E-state index is -1.08. The van der Waals surface area contributed by atoms with Gasteiger partial charge in [0.15, 0.2) is 11.3 Å². The van der Waals surface area contributed by atoms with Crippen LogP contribution in [0.5, 0.6) is 0 Å². The van der Waals surface area contributed by atoms with Gasteiger partial charge in [0.05, 0.1) is 16.2 Å². The van der Waals surface area contributed by atoms with Crippen LogP contribution in [0.1, 0.15) is 16.1 Å². The minimum Gasteiger partial charge on any atom is -0.476 e. The van der Waals surface area contributed by atoms with Gasteiger partial charge in [-0.3, -0.25) is 0 Å². The summed E-state index contributed by atoms with van der Waals surface area (Å²) in [6.45, 7) is 0.479. The third-order valence-corrected chi connectivity index (χ3v) is 3.78. The van der Waals surface area contributed by atoms with Crippen molar-refractivity contribution in [2.24, 2.45) is 0 Å². The fourth-order valence-corrected chi connectivity index (χ4v) is 2.28. The molecule has 0 bridgehead atoms. The van der Waals surface area contributed by atoms with Gasteiger partial charge in [0, 0.05) is 6.54 Å². The molecule has 2 heterocycles. The maximum Gasteiger partial charge on any atom is 0.356 e. The first-order chi connectivity index (χ1) is 10.5. The highest BCUT2D eigenvalue weighted by molar-refractivity contribution is 6.42. The molecule has 0 radical (unpaired) electrons. The van der Waals surface area contributed by atoms with Crippen molar-refractivity contribution in [3.05, 3.63) is 57.8 Å². The molecule has 8 heteroatoms. The first-order valence-electron chi connectivity index (χ1n) is 6.30. The molecule has 0 aliphatic rings. The zero-order chi connectivity index (χ0) is 15.7. The molecule has 112 valence electrons. The van der Waals surface area contributed by atoms with Gasteiger partial charge in [-0.25, -0.2) is 14.3 Å². The van der Waals surface area contributed by atoms with Gasteiger partial charge in [-0.05, 0) is 29.8 Å². The number of rotatable bonds is 4. The summed E-state index contributed by atoms with van der Waals surface area (Å²) in [6.07, 6.45) is 1.27. The van der Waals surface area contributed by atoms with Crippen LogP contribution in [0.15, 0.2) is 36.5 Å². The number of nitrogens with zero attached hydrogens (tertiary/aromatic N) is 3. The van der Waals surface area contributed by atoms with Gasteiger partial charge in [-0.1, -0.05) is 29.3 Å². The van der Waals surface area contributed by atoms with Gasteiger partial charge < -0.3 is 10.4 Å². The van der Waals surface area contributed by atoms with Crippen LogP contribution in [0, 0.1) is 0 Å². The molecule has 0 aliphatic carbocycles. The van der Waals surface area contributed by atoms with Crippen LogP contribution in [0.4, 0.5) is 5.82 Å². The predicted octanol–water partition coefficient (Wildman–Crippen LogP) is 3.35. The standard InChI is InChI=1S/C14H10Cl2N4O2/c15-9-2-1-8(5-10(9)16)6-17-12-3-4-13-18-7-11(14(21)22)20(13)19-12/h1-5,7H,6H2,(H,17,19)(H,21,22). The average Bonchev–Trinajstić information content (AvgIpc) is 2.91. The van der Waals surface area contributed by atoms with E-state index in [2.05, 4.69) is 15.4 Å². The Kier molecular flexibility index (Phi) is 3.87. The van der Waals surface area contributed by atoms with E-state index < -0.39 is 5.97 Å². The highest BCUT2D eigenvalue weighted by Gasteiger charge is 2.11. The molecule has 22 heavy (non-hydrogen) atoms. The van der Waals surface area contributed by atoms with Gasteiger partial charge in [0.1, 0.15) is 5.82 Å². The summed E-state index contributed by atoms with van der Waals surface area (Å²) in [7, 11) is 0. The molecule has 2 N–H and O–H groups in total. The van der Waals surface area contributed by atoms with E-state index in [-0.39, 0.29) is 5.69 Å². The summed E-state index contributed by atoms with van der Waals surface area (Å²) >= 11 is 11.8. The minimum absolute atomic E-state index is 0.00758. The molecule has 0 unspecified atom stereocenters. The molecule has 0 atom stereocenters. The van der Waals surface area contributed by atoms with E-state index in [0.29, 0.717) is 28.1 Å². The van der Waals surface area contributed by atoms with Gasteiger partial charge in [-0.2, -0.15) is 0 Å². The lowest BCUT2D eigenvalue weighted by molar-refractivity contribution is 0.0688. The van der Waals surface area contributed by atoms with Crippen LogP contribution >= 0.6 is 23.2 Å². The first kappa shape index (κ1) is 14.6. The van der Waals surface area contributed by atoms with E-state index >= 15 is 0 Å². The van der Waals surface area contributed by atoms with Crippen molar-refractivity contribution in [2.75, 3.05) is 5.32 Å². The smallest absolute Gasteiger partial charge is 0.356 e. The van der Waals surface area contributed by atoms with Gasteiger partial charge in [0.2, 0.25) is 0 Å². The quantitative estimate of drug-likeness (QED) is 0.763.